The molecule has 18 heavy (non-hydrogen) atoms. The van der Waals surface area contributed by atoms with Crippen molar-refractivity contribution in [3.05, 3.63) is 30.1 Å². The van der Waals surface area contributed by atoms with E-state index in [9.17, 15) is 0 Å². The second-order valence-electron chi connectivity index (χ2n) is 4.61. The van der Waals surface area contributed by atoms with Gasteiger partial charge in [0.05, 0.1) is 11.7 Å². The van der Waals surface area contributed by atoms with Crippen LogP contribution in [-0.2, 0) is 0 Å². The van der Waals surface area contributed by atoms with Crippen molar-refractivity contribution in [3.8, 4) is 11.3 Å². The van der Waals surface area contributed by atoms with Gasteiger partial charge in [0.15, 0.2) is 0 Å². The summed E-state index contributed by atoms with van der Waals surface area (Å²) in [5.41, 5.74) is 9.11. The number of pyridine rings is 1. The molecular formula is C13H17N5. The summed E-state index contributed by atoms with van der Waals surface area (Å²) in [7, 11) is 0. The summed E-state index contributed by atoms with van der Waals surface area (Å²) in [6.45, 7) is 3.69. The van der Waals surface area contributed by atoms with Gasteiger partial charge in [-0.25, -0.2) is 4.68 Å². The fraction of sp³-hybridized carbons (Fsp3) is 0.385. The molecule has 3 N–H and O–H groups in total. The fourth-order valence-corrected chi connectivity index (χ4v) is 2.48. The number of fused-ring (bicyclic) bond motifs is 1. The first-order chi connectivity index (χ1) is 8.81. The highest BCUT2D eigenvalue weighted by Gasteiger charge is 2.24. The summed E-state index contributed by atoms with van der Waals surface area (Å²) in [5.74, 6) is 1.10. The predicted molar refractivity (Wildman–Crippen MR) is 71.4 cm³/mol. The summed E-state index contributed by atoms with van der Waals surface area (Å²) < 4.78 is 2.04. The van der Waals surface area contributed by atoms with E-state index in [0.717, 1.165) is 30.0 Å². The molecule has 3 heterocycles. The molecule has 0 amide bonds. The largest absolute Gasteiger partial charge is 0.370 e. The maximum absolute atomic E-state index is 5.82. The molecule has 0 saturated heterocycles. The third-order valence-corrected chi connectivity index (χ3v) is 3.49. The maximum Gasteiger partial charge on any atom is 0.128 e. The molecule has 5 heteroatoms. The van der Waals surface area contributed by atoms with Gasteiger partial charge in [-0.3, -0.25) is 4.98 Å². The van der Waals surface area contributed by atoms with Gasteiger partial charge in [0.25, 0.3) is 0 Å². The van der Waals surface area contributed by atoms with Gasteiger partial charge in [-0.05, 0) is 25.5 Å². The predicted octanol–water partition coefficient (Wildman–Crippen LogP) is 1.57. The van der Waals surface area contributed by atoms with Crippen LogP contribution in [0.2, 0.25) is 0 Å². The van der Waals surface area contributed by atoms with Crippen LogP contribution >= 0.6 is 0 Å². The van der Waals surface area contributed by atoms with E-state index < -0.39 is 0 Å². The third kappa shape index (κ3) is 1.67. The number of nitrogens with one attached hydrogen (secondary N) is 1. The summed E-state index contributed by atoms with van der Waals surface area (Å²) in [4.78, 5) is 4.04. The molecule has 0 bridgehead atoms. The lowest BCUT2D eigenvalue weighted by molar-refractivity contribution is 0.428. The van der Waals surface area contributed by atoms with Crippen molar-refractivity contribution in [3.63, 3.8) is 0 Å². The molecule has 0 aromatic carbocycles. The van der Waals surface area contributed by atoms with E-state index in [1.54, 1.807) is 12.4 Å². The van der Waals surface area contributed by atoms with Crippen molar-refractivity contribution in [2.75, 3.05) is 18.4 Å². The van der Waals surface area contributed by atoms with E-state index >= 15 is 0 Å². The third-order valence-electron chi connectivity index (χ3n) is 3.49. The highest BCUT2D eigenvalue weighted by Crippen LogP contribution is 2.32. The van der Waals surface area contributed by atoms with Gasteiger partial charge < -0.3 is 11.1 Å². The molecule has 0 radical (unpaired) electrons. The number of aromatic nitrogens is 3. The second-order valence-corrected chi connectivity index (χ2v) is 4.61. The number of rotatable bonds is 2. The molecule has 3 rings (SSSR count). The lowest BCUT2D eigenvalue weighted by Gasteiger charge is -2.24. The first kappa shape index (κ1) is 11.2. The lowest BCUT2D eigenvalue weighted by atomic mass is 10.1. The van der Waals surface area contributed by atoms with Gasteiger partial charge in [0.1, 0.15) is 5.82 Å². The first-order valence-corrected chi connectivity index (χ1v) is 6.24. The Morgan fingerprint density at radius 1 is 1.44 bits per heavy atom. The Hall–Kier alpha value is -1.88. The van der Waals surface area contributed by atoms with Crippen LogP contribution in [0.25, 0.3) is 11.3 Å². The smallest absolute Gasteiger partial charge is 0.128 e. The van der Waals surface area contributed by atoms with Crippen molar-refractivity contribution in [1.82, 2.24) is 14.8 Å². The molecule has 0 spiro atoms. The van der Waals surface area contributed by atoms with Gasteiger partial charge in [-0.15, -0.1) is 0 Å². The quantitative estimate of drug-likeness (QED) is 0.840. The van der Waals surface area contributed by atoms with Gasteiger partial charge in [0, 0.05) is 36.6 Å². The minimum atomic E-state index is 0.301. The average molecular weight is 243 g/mol. The monoisotopic (exact) mass is 243 g/mol. The molecule has 5 nitrogen and oxygen atoms in total. The van der Waals surface area contributed by atoms with Crippen LogP contribution in [0.15, 0.2) is 24.5 Å². The van der Waals surface area contributed by atoms with E-state index in [1.807, 2.05) is 16.8 Å². The Morgan fingerprint density at radius 3 is 2.94 bits per heavy atom. The van der Waals surface area contributed by atoms with Crippen LogP contribution in [0.5, 0.6) is 0 Å². The number of nitrogens with zero attached hydrogens (tertiary/aromatic N) is 3. The van der Waals surface area contributed by atoms with Crippen LogP contribution in [0.3, 0.4) is 0 Å². The fourth-order valence-electron chi connectivity index (χ4n) is 2.48. The number of anilines is 1. The second kappa shape index (κ2) is 4.42. The molecule has 1 unspecified atom stereocenters. The van der Waals surface area contributed by atoms with Gasteiger partial charge in [0.2, 0.25) is 0 Å². The van der Waals surface area contributed by atoms with Crippen molar-refractivity contribution in [1.29, 1.82) is 0 Å². The van der Waals surface area contributed by atoms with E-state index in [2.05, 4.69) is 17.2 Å². The first-order valence-electron chi connectivity index (χ1n) is 6.24. The van der Waals surface area contributed by atoms with Crippen LogP contribution in [0.4, 0.5) is 5.82 Å². The molecule has 1 atom stereocenters. The Kier molecular flexibility index (Phi) is 2.76. The van der Waals surface area contributed by atoms with E-state index in [4.69, 9.17) is 10.8 Å². The Balaban J connectivity index is 2.11. The molecule has 94 valence electrons. The highest BCUT2D eigenvalue weighted by atomic mass is 15.4. The van der Waals surface area contributed by atoms with Crippen LogP contribution in [0.1, 0.15) is 18.0 Å². The van der Waals surface area contributed by atoms with Crippen LogP contribution in [-0.4, -0.2) is 27.9 Å². The van der Waals surface area contributed by atoms with Gasteiger partial charge >= 0.3 is 0 Å². The highest BCUT2D eigenvalue weighted by molar-refractivity contribution is 5.68. The minimum Gasteiger partial charge on any atom is -0.370 e. The van der Waals surface area contributed by atoms with Crippen LogP contribution < -0.4 is 11.1 Å². The normalized spacial score (nSPS) is 18.2. The number of hydrogen-bond acceptors (Lipinski definition) is 4. The van der Waals surface area contributed by atoms with E-state index in [1.165, 1.54) is 5.56 Å². The van der Waals surface area contributed by atoms with Crippen molar-refractivity contribution in [2.45, 2.75) is 19.4 Å². The topological polar surface area (TPSA) is 68.8 Å². The van der Waals surface area contributed by atoms with Crippen molar-refractivity contribution >= 4 is 5.82 Å². The maximum atomic E-state index is 5.82. The van der Waals surface area contributed by atoms with Gasteiger partial charge in [-0.2, -0.15) is 5.10 Å². The molecule has 0 aliphatic carbocycles. The average Bonchev–Trinajstić information content (AvgIpc) is 2.77. The molecule has 1 aliphatic rings. The number of hydrogen-bond donors (Lipinski definition) is 2. The molecule has 2 aromatic heterocycles. The zero-order valence-electron chi connectivity index (χ0n) is 10.4. The Bertz CT molecular complexity index is 546. The summed E-state index contributed by atoms with van der Waals surface area (Å²) in [6.07, 6.45) is 4.61. The number of nitrogens with two attached hydrogens (primary N) is 1. The van der Waals surface area contributed by atoms with Gasteiger partial charge in [-0.1, -0.05) is 0 Å². The summed E-state index contributed by atoms with van der Waals surface area (Å²) in [6, 6.07) is 4.27. The van der Waals surface area contributed by atoms with Crippen molar-refractivity contribution < 1.29 is 0 Å². The Labute approximate surface area is 106 Å². The summed E-state index contributed by atoms with van der Waals surface area (Å²) >= 11 is 0. The Morgan fingerprint density at radius 2 is 2.22 bits per heavy atom. The van der Waals surface area contributed by atoms with Crippen LogP contribution in [0, 0.1) is 6.92 Å². The molecule has 0 saturated carbocycles. The molecule has 0 fully saturated rings. The standard InChI is InChI=1S/C13H17N5/c1-9-12(10-2-5-15-6-3-10)17-18-11(8-14)4-7-16-13(9)18/h2-3,5-6,11,16H,4,7-8,14H2,1H3. The lowest BCUT2D eigenvalue weighted by Crippen LogP contribution is -2.29. The minimum absolute atomic E-state index is 0.301. The molecular weight excluding hydrogens is 226 g/mol. The SMILES string of the molecule is Cc1c(-c2ccncc2)nn2c1NCCC2CN. The zero-order valence-corrected chi connectivity index (χ0v) is 10.4. The zero-order chi connectivity index (χ0) is 12.5. The summed E-state index contributed by atoms with van der Waals surface area (Å²) in [5, 5.41) is 8.13. The molecule has 2 aromatic rings. The van der Waals surface area contributed by atoms with E-state index in [0.29, 0.717) is 12.6 Å². The molecule has 1 aliphatic heterocycles. The van der Waals surface area contributed by atoms with Crippen molar-refractivity contribution in [2.24, 2.45) is 5.73 Å². The van der Waals surface area contributed by atoms with E-state index in [-0.39, 0.29) is 0 Å².